The molecule has 0 radical (unpaired) electrons. The molecule has 2 aromatic heterocycles. The average molecular weight is 510 g/mol. The van der Waals surface area contributed by atoms with Crippen LogP contribution in [0.3, 0.4) is 0 Å². The van der Waals surface area contributed by atoms with E-state index in [1.807, 2.05) is 18.3 Å². The van der Waals surface area contributed by atoms with Crippen molar-refractivity contribution in [2.45, 2.75) is 38.8 Å². The van der Waals surface area contributed by atoms with Crippen LogP contribution in [-0.4, -0.2) is 53.4 Å². The molecule has 2 N–H and O–H groups in total. The summed E-state index contributed by atoms with van der Waals surface area (Å²) in [4.78, 5) is 22.7. The number of aryl methyl sites for hydroxylation is 1. The number of aromatic nitrogens is 2. The maximum Gasteiger partial charge on any atom is 0.335 e. The van der Waals surface area contributed by atoms with Gasteiger partial charge in [-0.1, -0.05) is 29.8 Å². The summed E-state index contributed by atoms with van der Waals surface area (Å²) in [5, 5.41) is 24.7. The van der Waals surface area contributed by atoms with Gasteiger partial charge in [-0.15, -0.1) is 0 Å². The van der Waals surface area contributed by atoms with E-state index in [0.717, 1.165) is 73.2 Å². The Morgan fingerprint density at radius 1 is 1.13 bits per heavy atom. The van der Waals surface area contributed by atoms with E-state index in [-0.39, 0.29) is 11.7 Å². The molecule has 8 nitrogen and oxygen atoms in total. The van der Waals surface area contributed by atoms with Crippen LogP contribution in [0.15, 0.2) is 54.9 Å². The molecule has 38 heavy (non-hydrogen) atoms. The first kappa shape index (κ1) is 25.6. The SMILES string of the molecule is Cc1cc(CC#N)cc(CNCCCCOC2CN(c3nc4cc(C(=O)O)ccc4c4cnccc34)C2)c1. The van der Waals surface area contributed by atoms with E-state index in [2.05, 4.69) is 46.4 Å². The van der Waals surface area contributed by atoms with Crippen LogP contribution in [0, 0.1) is 18.3 Å². The molecular weight excluding hydrogens is 478 g/mol. The smallest absolute Gasteiger partial charge is 0.335 e. The van der Waals surface area contributed by atoms with Gasteiger partial charge in [0.15, 0.2) is 0 Å². The molecule has 0 amide bonds. The van der Waals surface area contributed by atoms with Crippen molar-refractivity contribution in [2.75, 3.05) is 31.1 Å². The maximum absolute atomic E-state index is 11.5. The number of unbranched alkanes of at least 4 members (excludes halogenated alkanes) is 1. The summed E-state index contributed by atoms with van der Waals surface area (Å²) in [6.45, 7) is 6.01. The van der Waals surface area contributed by atoms with Gasteiger partial charge in [0.25, 0.3) is 0 Å². The molecule has 8 heteroatoms. The number of hydrogen-bond acceptors (Lipinski definition) is 7. The van der Waals surface area contributed by atoms with Gasteiger partial charge >= 0.3 is 5.97 Å². The highest BCUT2D eigenvalue weighted by Crippen LogP contribution is 2.33. The van der Waals surface area contributed by atoms with Gasteiger partial charge in [0.05, 0.1) is 29.7 Å². The van der Waals surface area contributed by atoms with Crippen molar-refractivity contribution >= 4 is 33.5 Å². The molecule has 5 rings (SSSR count). The molecule has 2 aromatic carbocycles. The number of aromatic carboxylic acids is 1. The van der Waals surface area contributed by atoms with Crippen LogP contribution in [0.4, 0.5) is 5.82 Å². The summed E-state index contributed by atoms with van der Waals surface area (Å²) in [5.74, 6) is -0.121. The van der Waals surface area contributed by atoms with Gasteiger partial charge in [-0.05, 0) is 55.6 Å². The largest absolute Gasteiger partial charge is 0.478 e. The number of carboxylic acids is 1. The third-order valence-electron chi connectivity index (χ3n) is 6.88. The van der Waals surface area contributed by atoms with Gasteiger partial charge < -0.3 is 20.1 Å². The van der Waals surface area contributed by atoms with Crippen molar-refractivity contribution in [2.24, 2.45) is 0 Å². The number of benzene rings is 2. The molecule has 1 aliphatic heterocycles. The Morgan fingerprint density at radius 3 is 2.79 bits per heavy atom. The quantitative estimate of drug-likeness (QED) is 0.222. The van der Waals surface area contributed by atoms with Gasteiger partial charge in [0, 0.05) is 54.8 Å². The highest BCUT2D eigenvalue weighted by atomic mass is 16.5. The van der Waals surface area contributed by atoms with E-state index in [4.69, 9.17) is 15.0 Å². The first-order valence-corrected chi connectivity index (χ1v) is 13.0. The van der Waals surface area contributed by atoms with Crippen LogP contribution in [0.2, 0.25) is 0 Å². The van der Waals surface area contributed by atoms with Gasteiger partial charge in [-0.2, -0.15) is 5.26 Å². The Kier molecular flexibility index (Phi) is 7.78. The highest BCUT2D eigenvalue weighted by Gasteiger charge is 2.30. The highest BCUT2D eigenvalue weighted by molar-refractivity contribution is 6.11. The van der Waals surface area contributed by atoms with Gasteiger partial charge in [-0.3, -0.25) is 4.98 Å². The predicted octanol–water partition coefficient (Wildman–Crippen LogP) is 4.63. The number of hydrogen-bond donors (Lipinski definition) is 2. The summed E-state index contributed by atoms with van der Waals surface area (Å²) in [5.41, 5.74) is 4.35. The minimum atomic E-state index is -0.964. The Labute approximate surface area is 221 Å². The summed E-state index contributed by atoms with van der Waals surface area (Å²) < 4.78 is 6.09. The molecule has 0 unspecified atom stereocenters. The number of pyridine rings is 2. The van der Waals surface area contributed by atoms with Crippen LogP contribution in [0.5, 0.6) is 0 Å². The monoisotopic (exact) mass is 509 g/mol. The number of nitrogens with one attached hydrogen (secondary N) is 1. The zero-order valence-corrected chi connectivity index (χ0v) is 21.5. The lowest BCUT2D eigenvalue weighted by atomic mass is 10.0. The Hall–Kier alpha value is -4.06. The zero-order valence-electron chi connectivity index (χ0n) is 21.5. The van der Waals surface area contributed by atoms with E-state index < -0.39 is 5.97 Å². The van der Waals surface area contributed by atoms with E-state index in [0.29, 0.717) is 11.9 Å². The third kappa shape index (κ3) is 5.75. The van der Waals surface area contributed by atoms with Crippen molar-refractivity contribution < 1.29 is 14.6 Å². The van der Waals surface area contributed by atoms with Crippen molar-refractivity contribution in [3.63, 3.8) is 0 Å². The Morgan fingerprint density at radius 2 is 1.97 bits per heavy atom. The molecule has 1 aliphatic rings. The molecule has 194 valence electrons. The zero-order chi connectivity index (χ0) is 26.5. The molecule has 4 aromatic rings. The van der Waals surface area contributed by atoms with Crippen molar-refractivity contribution in [3.05, 3.63) is 77.1 Å². The van der Waals surface area contributed by atoms with Crippen molar-refractivity contribution in [1.82, 2.24) is 15.3 Å². The van der Waals surface area contributed by atoms with E-state index >= 15 is 0 Å². The maximum atomic E-state index is 11.5. The van der Waals surface area contributed by atoms with Gasteiger partial charge in [0.1, 0.15) is 5.82 Å². The second kappa shape index (κ2) is 11.5. The van der Waals surface area contributed by atoms with Crippen molar-refractivity contribution in [3.8, 4) is 6.07 Å². The molecule has 3 heterocycles. The minimum Gasteiger partial charge on any atom is -0.478 e. The topological polar surface area (TPSA) is 111 Å². The number of nitrogens with zero attached hydrogens (tertiary/aromatic N) is 4. The number of fused-ring (bicyclic) bond motifs is 3. The van der Waals surface area contributed by atoms with Crippen LogP contribution in [0.1, 0.15) is 39.9 Å². The van der Waals surface area contributed by atoms with E-state index in [1.54, 1.807) is 18.3 Å². The molecule has 0 saturated carbocycles. The Bertz CT molecular complexity index is 1510. The summed E-state index contributed by atoms with van der Waals surface area (Å²) in [6.07, 6.45) is 6.20. The average Bonchev–Trinajstić information content (AvgIpc) is 2.88. The fourth-order valence-corrected chi connectivity index (χ4v) is 5.00. The molecule has 1 fully saturated rings. The summed E-state index contributed by atoms with van der Waals surface area (Å²) >= 11 is 0. The summed E-state index contributed by atoms with van der Waals surface area (Å²) in [6, 6.07) is 15.5. The van der Waals surface area contributed by atoms with Crippen molar-refractivity contribution in [1.29, 1.82) is 5.26 Å². The van der Waals surface area contributed by atoms with Crippen LogP contribution in [0.25, 0.3) is 21.7 Å². The van der Waals surface area contributed by atoms with E-state index in [9.17, 15) is 9.90 Å². The number of nitriles is 1. The number of anilines is 1. The lowest BCUT2D eigenvalue weighted by Gasteiger charge is -2.40. The second-order valence-corrected chi connectivity index (χ2v) is 9.84. The molecular formula is C30H31N5O3. The standard InChI is InChI=1S/C30H31N5O3/c1-20-12-21(6-8-31)14-22(13-20)16-32-9-2-3-11-38-24-18-35(19-24)29-26-7-10-33-17-27(26)25-5-4-23(30(36)37)15-28(25)34-29/h4-5,7,10,12-15,17,24,32H,2-3,6,9,11,16,18-19H2,1H3,(H,36,37). The van der Waals surface area contributed by atoms with Gasteiger partial charge in [-0.25, -0.2) is 9.78 Å². The van der Waals surface area contributed by atoms with E-state index in [1.165, 1.54) is 11.1 Å². The molecule has 0 aliphatic carbocycles. The fraction of sp³-hybridized carbons (Fsp3) is 0.333. The number of ether oxygens (including phenoxy) is 1. The molecule has 0 bridgehead atoms. The first-order chi connectivity index (χ1) is 18.5. The summed E-state index contributed by atoms with van der Waals surface area (Å²) in [7, 11) is 0. The number of rotatable bonds is 11. The lowest BCUT2D eigenvalue weighted by Crippen LogP contribution is -2.52. The van der Waals surface area contributed by atoms with Crippen LogP contribution >= 0.6 is 0 Å². The number of carbonyl (C=O) groups is 1. The second-order valence-electron chi connectivity index (χ2n) is 9.84. The molecule has 1 saturated heterocycles. The molecule has 0 atom stereocenters. The third-order valence-corrected chi connectivity index (χ3v) is 6.88. The minimum absolute atomic E-state index is 0.161. The first-order valence-electron chi connectivity index (χ1n) is 13.0. The van der Waals surface area contributed by atoms with Crippen LogP contribution < -0.4 is 10.2 Å². The predicted molar refractivity (Wildman–Crippen MR) is 147 cm³/mol. The normalized spacial score (nSPS) is 13.5. The molecule has 0 spiro atoms. The number of carboxylic acid groups (broad SMARTS) is 1. The van der Waals surface area contributed by atoms with Gasteiger partial charge in [0.2, 0.25) is 0 Å². The lowest BCUT2D eigenvalue weighted by molar-refractivity contribution is 0.0321. The van der Waals surface area contributed by atoms with Crippen LogP contribution in [-0.2, 0) is 17.7 Å². The fourth-order valence-electron chi connectivity index (χ4n) is 5.00. The Balaban J connectivity index is 1.09.